The van der Waals surface area contributed by atoms with Gasteiger partial charge in [-0.05, 0) is 32.4 Å². The van der Waals surface area contributed by atoms with Crippen LogP contribution < -0.4 is 0 Å². The van der Waals surface area contributed by atoms with Crippen LogP contribution in [0.15, 0.2) is 23.7 Å². The first-order chi connectivity index (χ1) is 13.6. The molecule has 144 valence electrons. The van der Waals surface area contributed by atoms with E-state index < -0.39 is 0 Å². The lowest BCUT2D eigenvalue weighted by Crippen LogP contribution is -2.41. The van der Waals surface area contributed by atoms with Crippen LogP contribution >= 0.6 is 22.7 Å². The van der Waals surface area contributed by atoms with Crippen LogP contribution in [0.5, 0.6) is 0 Å². The van der Waals surface area contributed by atoms with Gasteiger partial charge in [-0.1, -0.05) is 0 Å². The van der Waals surface area contributed by atoms with Crippen molar-refractivity contribution in [2.75, 3.05) is 13.2 Å². The highest BCUT2D eigenvalue weighted by Gasteiger charge is 2.41. The lowest BCUT2D eigenvalue weighted by atomic mass is 10.2. The molecule has 6 nitrogen and oxygen atoms in total. The van der Waals surface area contributed by atoms with Crippen molar-refractivity contribution in [3.05, 3.63) is 50.7 Å². The Hall–Kier alpha value is -2.16. The van der Waals surface area contributed by atoms with Crippen molar-refractivity contribution in [3.8, 4) is 10.6 Å². The molecule has 3 aromatic rings. The molecule has 5 rings (SSSR count). The Labute approximate surface area is 171 Å². The van der Waals surface area contributed by atoms with E-state index >= 15 is 0 Å². The molecule has 1 amide bonds. The quantitative estimate of drug-likeness (QED) is 0.656. The van der Waals surface area contributed by atoms with Crippen LogP contribution in [-0.2, 0) is 11.2 Å². The van der Waals surface area contributed by atoms with Crippen molar-refractivity contribution in [1.82, 2.24) is 19.9 Å². The molecule has 2 aliphatic heterocycles. The predicted molar refractivity (Wildman–Crippen MR) is 109 cm³/mol. The Balaban J connectivity index is 1.28. The molecule has 2 atom stereocenters. The van der Waals surface area contributed by atoms with E-state index in [0.717, 1.165) is 38.4 Å². The van der Waals surface area contributed by atoms with Gasteiger partial charge in [-0.15, -0.1) is 22.7 Å². The number of hydrogen-bond acceptors (Lipinski definition) is 7. The summed E-state index contributed by atoms with van der Waals surface area (Å²) >= 11 is 3.31. The first-order valence-electron chi connectivity index (χ1n) is 9.33. The molecule has 0 aromatic carbocycles. The third-order valence-electron chi connectivity index (χ3n) is 5.25. The fraction of sp³-hybridized carbons (Fsp3) is 0.400. The number of nitrogens with zero attached hydrogens (tertiary/aromatic N) is 4. The number of carbonyl (C=O) groups excluding carboxylic acids is 1. The SMILES string of the molecule is Cc1nc(C)c(-c2csc(Cc3ccc(C(=O)N4C[C@@H]5C[C@H]4CO5)cn3)n2)s1. The second kappa shape index (κ2) is 7.02. The van der Waals surface area contributed by atoms with E-state index in [-0.39, 0.29) is 18.1 Å². The molecular formula is C20H20N4O2S2. The molecule has 28 heavy (non-hydrogen) atoms. The summed E-state index contributed by atoms with van der Waals surface area (Å²) < 4.78 is 5.58. The smallest absolute Gasteiger partial charge is 0.255 e. The second-order valence-electron chi connectivity index (χ2n) is 7.29. The average molecular weight is 413 g/mol. The summed E-state index contributed by atoms with van der Waals surface area (Å²) in [5.74, 6) is 0.0578. The molecule has 5 heterocycles. The fourth-order valence-corrected chi connectivity index (χ4v) is 5.65. The second-order valence-corrected chi connectivity index (χ2v) is 9.44. The summed E-state index contributed by atoms with van der Waals surface area (Å²) in [7, 11) is 0. The van der Waals surface area contributed by atoms with Gasteiger partial charge in [0.2, 0.25) is 0 Å². The Bertz CT molecular complexity index is 1030. The van der Waals surface area contributed by atoms with Gasteiger partial charge >= 0.3 is 0 Å². The topological polar surface area (TPSA) is 68.2 Å². The minimum Gasteiger partial charge on any atom is -0.374 e. The van der Waals surface area contributed by atoms with Gasteiger partial charge in [0.1, 0.15) is 0 Å². The van der Waals surface area contributed by atoms with Gasteiger partial charge in [-0.3, -0.25) is 9.78 Å². The summed E-state index contributed by atoms with van der Waals surface area (Å²) in [6.45, 7) is 5.39. The predicted octanol–water partition coefficient (Wildman–Crippen LogP) is 3.48. The van der Waals surface area contributed by atoms with E-state index in [1.54, 1.807) is 28.9 Å². The van der Waals surface area contributed by atoms with Crippen molar-refractivity contribution >= 4 is 28.6 Å². The van der Waals surface area contributed by atoms with Crippen LogP contribution in [0.4, 0.5) is 0 Å². The van der Waals surface area contributed by atoms with Crippen molar-refractivity contribution in [2.45, 2.75) is 38.8 Å². The highest BCUT2D eigenvalue weighted by Crippen LogP contribution is 2.31. The van der Waals surface area contributed by atoms with Crippen molar-refractivity contribution in [2.24, 2.45) is 0 Å². The maximum absolute atomic E-state index is 12.7. The number of morpholine rings is 1. The Morgan fingerprint density at radius 1 is 1.32 bits per heavy atom. The van der Waals surface area contributed by atoms with E-state index in [1.165, 1.54) is 0 Å². The number of pyridine rings is 1. The third kappa shape index (κ3) is 3.25. The van der Waals surface area contributed by atoms with Crippen molar-refractivity contribution in [1.29, 1.82) is 0 Å². The number of thiazole rings is 2. The highest BCUT2D eigenvalue weighted by atomic mass is 32.1. The molecule has 2 aliphatic rings. The Morgan fingerprint density at radius 2 is 2.21 bits per heavy atom. The largest absolute Gasteiger partial charge is 0.374 e. The van der Waals surface area contributed by atoms with E-state index in [9.17, 15) is 4.79 Å². The van der Waals surface area contributed by atoms with Crippen LogP contribution in [0.25, 0.3) is 10.6 Å². The number of fused-ring (bicyclic) bond motifs is 2. The highest BCUT2D eigenvalue weighted by molar-refractivity contribution is 7.15. The van der Waals surface area contributed by atoms with Crippen molar-refractivity contribution in [3.63, 3.8) is 0 Å². The summed E-state index contributed by atoms with van der Waals surface area (Å²) in [6.07, 6.45) is 3.53. The minimum absolute atomic E-state index is 0.0578. The van der Waals surface area contributed by atoms with E-state index in [4.69, 9.17) is 9.72 Å². The third-order valence-corrected chi connectivity index (χ3v) is 7.20. The van der Waals surface area contributed by atoms with Crippen molar-refractivity contribution < 1.29 is 9.53 Å². The molecule has 0 aliphatic carbocycles. The summed E-state index contributed by atoms with van der Waals surface area (Å²) in [6, 6.07) is 4.04. The molecule has 3 aromatic heterocycles. The van der Waals surface area contributed by atoms with Gasteiger partial charge in [0.05, 0.1) is 50.6 Å². The number of rotatable bonds is 4. The zero-order valence-electron chi connectivity index (χ0n) is 15.7. The lowest BCUT2D eigenvalue weighted by Gasteiger charge is -2.26. The molecule has 0 unspecified atom stereocenters. The molecule has 0 spiro atoms. The molecule has 8 heteroatoms. The standard InChI is InChI=1S/C20H20N4O2S2/c1-11-19(28-12(2)22-11)17-10-27-18(23-17)5-14-4-3-13(7-21-14)20(25)24-8-16-6-15(24)9-26-16/h3-4,7,10,15-16H,5-6,8-9H2,1-2H3/t15-,16-/m0/s1. The normalized spacial score (nSPS) is 20.9. The number of carbonyl (C=O) groups is 1. The molecule has 2 saturated heterocycles. The Morgan fingerprint density at radius 3 is 2.86 bits per heavy atom. The van der Waals surface area contributed by atoms with E-state index in [0.29, 0.717) is 25.1 Å². The first-order valence-corrected chi connectivity index (χ1v) is 11.0. The number of aryl methyl sites for hydroxylation is 2. The summed E-state index contributed by atoms with van der Waals surface area (Å²) in [5.41, 5.74) is 3.58. The van der Waals surface area contributed by atoms with Crippen LogP contribution in [0.3, 0.4) is 0 Å². The van der Waals surface area contributed by atoms with Gasteiger partial charge in [-0.2, -0.15) is 0 Å². The molecule has 0 saturated carbocycles. The van der Waals surface area contributed by atoms with Crippen LogP contribution in [0.2, 0.25) is 0 Å². The van der Waals surface area contributed by atoms with E-state index in [1.807, 2.05) is 30.9 Å². The van der Waals surface area contributed by atoms with Gasteiger partial charge in [0.15, 0.2) is 0 Å². The molecule has 2 bridgehead atoms. The van der Waals surface area contributed by atoms with Crippen LogP contribution in [-0.4, -0.2) is 51.1 Å². The Kier molecular flexibility index (Phi) is 4.49. The number of hydrogen-bond donors (Lipinski definition) is 0. The van der Waals surface area contributed by atoms with Gasteiger partial charge in [0, 0.05) is 30.2 Å². The molecule has 2 fully saturated rings. The van der Waals surface area contributed by atoms with Crippen LogP contribution in [0.1, 0.15) is 38.2 Å². The molecular weight excluding hydrogens is 392 g/mol. The monoisotopic (exact) mass is 412 g/mol. The lowest BCUT2D eigenvalue weighted by molar-refractivity contribution is 0.0259. The number of likely N-dealkylation sites (tertiary alicyclic amines) is 1. The molecule has 0 radical (unpaired) electrons. The first kappa shape index (κ1) is 17.9. The minimum atomic E-state index is 0.0578. The van der Waals surface area contributed by atoms with Crippen LogP contribution in [0, 0.1) is 13.8 Å². The zero-order valence-corrected chi connectivity index (χ0v) is 17.3. The van der Waals surface area contributed by atoms with E-state index in [2.05, 4.69) is 15.3 Å². The maximum Gasteiger partial charge on any atom is 0.255 e. The average Bonchev–Trinajstić information content (AvgIpc) is 3.46. The fourth-order valence-electron chi connectivity index (χ4n) is 3.89. The number of aromatic nitrogens is 3. The number of amides is 1. The summed E-state index contributed by atoms with van der Waals surface area (Å²) in [5, 5.41) is 4.15. The van der Waals surface area contributed by atoms with Gasteiger partial charge in [-0.25, -0.2) is 9.97 Å². The van der Waals surface area contributed by atoms with Gasteiger partial charge in [0.25, 0.3) is 5.91 Å². The maximum atomic E-state index is 12.7. The summed E-state index contributed by atoms with van der Waals surface area (Å²) in [4.78, 5) is 29.5. The molecule has 0 N–H and O–H groups in total. The number of ether oxygens (including phenoxy) is 1. The zero-order chi connectivity index (χ0) is 19.3. The van der Waals surface area contributed by atoms with Gasteiger partial charge < -0.3 is 9.64 Å².